The number of aliphatic hydroxyl groups is 1. The SMILES string of the molecule is NC(=O)CC(O)C(=O)O. The molecule has 0 saturated heterocycles. The molecular weight excluding hydrogens is 126 g/mol. The molecule has 9 heavy (non-hydrogen) atoms. The van der Waals surface area contributed by atoms with E-state index >= 15 is 0 Å². The van der Waals surface area contributed by atoms with Crippen molar-refractivity contribution < 1.29 is 19.8 Å². The molecule has 5 nitrogen and oxygen atoms in total. The monoisotopic (exact) mass is 133 g/mol. The van der Waals surface area contributed by atoms with Crippen LogP contribution in [0.4, 0.5) is 0 Å². The topological polar surface area (TPSA) is 101 Å². The van der Waals surface area contributed by atoms with Crippen molar-refractivity contribution in [3.8, 4) is 0 Å². The van der Waals surface area contributed by atoms with Crippen LogP contribution in [-0.4, -0.2) is 28.2 Å². The van der Waals surface area contributed by atoms with Crippen LogP contribution in [0.1, 0.15) is 6.42 Å². The van der Waals surface area contributed by atoms with Crippen molar-refractivity contribution in [1.82, 2.24) is 0 Å². The number of nitrogens with two attached hydrogens (primary N) is 1. The first kappa shape index (κ1) is 7.90. The Morgan fingerprint density at radius 2 is 2.00 bits per heavy atom. The molecule has 1 amide bonds. The fraction of sp³-hybridized carbons (Fsp3) is 0.500. The average Bonchev–Trinajstić information content (AvgIpc) is 1.63. The molecule has 0 aliphatic rings. The number of amides is 1. The molecule has 0 aliphatic carbocycles. The molecule has 0 aromatic heterocycles. The van der Waals surface area contributed by atoms with Crippen molar-refractivity contribution in [3.05, 3.63) is 0 Å². The number of carbonyl (C=O) groups is 2. The van der Waals surface area contributed by atoms with E-state index in [0.29, 0.717) is 0 Å². The molecule has 1 unspecified atom stereocenters. The zero-order chi connectivity index (χ0) is 7.44. The molecule has 1 atom stereocenters. The van der Waals surface area contributed by atoms with Gasteiger partial charge < -0.3 is 15.9 Å². The quantitative estimate of drug-likeness (QED) is 0.427. The lowest BCUT2D eigenvalue weighted by molar-refractivity contribution is -0.148. The maximum atomic E-state index is 9.91. The highest BCUT2D eigenvalue weighted by Gasteiger charge is 2.14. The van der Waals surface area contributed by atoms with Crippen molar-refractivity contribution in [1.29, 1.82) is 0 Å². The molecule has 0 radical (unpaired) electrons. The van der Waals surface area contributed by atoms with Gasteiger partial charge in [-0.15, -0.1) is 0 Å². The van der Waals surface area contributed by atoms with Gasteiger partial charge in [0.25, 0.3) is 0 Å². The molecule has 0 aromatic rings. The lowest BCUT2D eigenvalue weighted by Crippen LogP contribution is -2.26. The number of carbonyl (C=O) groups excluding carboxylic acids is 1. The summed E-state index contributed by atoms with van der Waals surface area (Å²) in [7, 11) is 0. The zero-order valence-corrected chi connectivity index (χ0v) is 4.57. The normalized spacial score (nSPS) is 12.6. The van der Waals surface area contributed by atoms with E-state index in [1.165, 1.54) is 0 Å². The minimum atomic E-state index is -1.66. The van der Waals surface area contributed by atoms with E-state index < -0.39 is 24.4 Å². The molecule has 0 aliphatic heterocycles. The maximum Gasteiger partial charge on any atom is 0.333 e. The first-order valence-electron chi connectivity index (χ1n) is 2.23. The van der Waals surface area contributed by atoms with Crippen LogP contribution in [-0.2, 0) is 9.59 Å². The Kier molecular flexibility index (Phi) is 2.66. The van der Waals surface area contributed by atoms with Crippen LogP contribution in [0.3, 0.4) is 0 Å². The zero-order valence-electron chi connectivity index (χ0n) is 4.57. The Balaban J connectivity index is 3.63. The van der Waals surface area contributed by atoms with Gasteiger partial charge in [-0.2, -0.15) is 0 Å². The third kappa shape index (κ3) is 3.48. The summed E-state index contributed by atoms with van der Waals surface area (Å²) in [5.41, 5.74) is 4.57. The first-order valence-corrected chi connectivity index (χ1v) is 2.23. The summed E-state index contributed by atoms with van der Waals surface area (Å²) in [5, 5.41) is 16.4. The lowest BCUT2D eigenvalue weighted by atomic mass is 10.2. The van der Waals surface area contributed by atoms with Crippen LogP contribution >= 0.6 is 0 Å². The van der Waals surface area contributed by atoms with Gasteiger partial charge in [0.05, 0.1) is 6.42 Å². The Morgan fingerprint density at radius 3 is 2.11 bits per heavy atom. The minimum absolute atomic E-state index is 0.532. The van der Waals surface area contributed by atoms with Gasteiger partial charge in [0.15, 0.2) is 6.10 Å². The molecule has 0 bridgehead atoms. The number of primary amides is 1. The molecule has 52 valence electrons. The van der Waals surface area contributed by atoms with Crippen LogP contribution in [0.2, 0.25) is 0 Å². The summed E-state index contributed by atoms with van der Waals surface area (Å²) in [4.78, 5) is 19.7. The van der Waals surface area contributed by atoms with E-state index in [4.69, 9.17) is 10.2 Å². The molecule has 0 saturated carbocycles. The molecule has 0 heterocycles. The Bertz CT molecular complexity index is 133. The van der Waals surface area contributed by atoms with E-state index in [1.54, 1.807) is 0 Å². The van der Waals surface area contributed by atoms with Crippen molar-refractivity contribution in [2.45, 2.75) is 12.5 Å². The third-order valence-corrected chi connectivity index (χ3v) is 0.680. The predicted octanol–water partition coefficient (Wildman–Crippen LogP) is -1.69. The molecular formula is C4H7NO4. The molecule has 0 rings (SSSR count). The van der Waals surface area contributed by atoms with Crippen LogP contribution in [0, 0.1) is 0 Å². The highest BCUT2D eigenvalue weighted by atomic mass is 16.4. The van der Waals surface area contributed by atoms with Crippen LogP contribution in [0.5, 0.6) is 0 Å². The lowest BCUT2D eigenvalue weighted by Gasteiger charge is -1.98. The van der Waals surface area contributed by atoms with E-state index in [-0.39, 0.29) is 0 Å². The highest BCUT2D eigenvalue weighted by molar-refractivity contribution is 5.82. The Hall–Kier alpha value is -1.10. The minimum Gasteiger partial charge on any atom is -0.479 e. The summed E-state index contributed by atoms with van der Waals surface area (Å²) in [5.74, 6) is -2.27. The summed E-state index contributed by atoms with van der Waals surface area (Å²) >= 11 is 0. The predicted molar refractivity (Wildman–Crippen MR) is 27.5 cm³/mol. The van der Waals surface area contributed by atoms with E-state index in [0.717, 1.165) is 0 Å². The largest absolute Gasteiger partial charge is 0.479 e. The maximum absolute atomic E-state index is 9.91. The smallest absolute Gasteiger partial charge is 0.333 e. The first-order chi connectivity index (χ1) is 4.04. The molecule has 0 spiro atoms. The fourth-order valence-electron chi connectivity index (χ4n) is 0.278. The van der Waals surface area contributed by atoms with Gasteiger partial charge in [0, 0.05) is 0 Å². The second-order valence-corrected chi connectivity index (χ2v) is 1.52. The van der Waals surface area contributed by atoms with Crippen molar-refractivity contribution in [2.75, 3.05) is 0 Å². The molecule has 0 fully saturated rings. The van der Waals surface area contributed by atoms with Gasteiger partial charge in [-0.05, 0) is 0 Å². The summed E-state index contributed by atoms with van der Waals surface area (Å²) in [6, 6.07) is 0. The Morgan fingerprint density at radius 1 is 1.56 bits per heavy atom. The molecule has 0 aromatic carbocycles. The van der Waals surface area contributed by atoms with Gasteiger partial charge in [0.1, 0.15) is 0 Å². The fourth-order valence-corrected chi connectivity index (χ4v) is 0.278. The average molecular weight is 133 g/mol. The third-order valence-electron chi connectivity index (χ3n) is 0.680. The summed E-state index contributed by atoms with van der Waals surface area (Å²) in [6.45, 7) is 0. The summed E-state index contributed by atoms with van der Waals surface area (Å²) < 4.78 is 0. The van der Waals surface area contributed by atoms with Gasteiger partial charge in [-0.25, -0.2) is 4.79 Å². The van der Waals surface area contributed by atoms with Crippen molar-refractivity contribution in [2.24, 2.45) is 5.73 Å². The second-order valence-electron chi connectivity index (χ2n) is 1.52. The van der Waals surface area contributed by atoms with E-state index in [2.05, 4.69) is 5.73 Å². The number of hydrogen-bond acceptors (Lipinski definition) is 3. The van der Waals surface area contributed by atoms with Crippen molar-refractivity contribution in [3.63, 3.8) is 0 Å². The van der Waals surface area contributed by atoms with E-state index in [9.17, 15) is 9.59 Å². The highest BCUT2D eigenvalue weighted by Crippen LogP contribution is 1.88. The molecule has 4 N–H and O–H groups in total. The number of hydrogen-bond donors (Lipinski definition) is 3. The van der Waals surface area contributed by atoms with Crippen molar-refractivity contribution >= 4 is 11.9 Å². The Labute approximate surface area is 51.1 Å². The van der Waals surface area contributed by atoms with E-state index in [1.807, 2.05) is 0 Å². The van der Waals surface area contributed by atoms with Gasteiger partial charge >= 0.3 is 5.97 Å². The number of carboxylic acid groups (broad SMARTS) is 1. The second kappa shape index (κ2) is 3.03. The van der Waals surface area contributed by atoms with Gasteiger partial charge in [-0.1, -0.05) is 0 Å². The van der Waals surface area contributed by atoms with Crippen LogP contribution in [0.25, 0.3) is 0 Å². The number of rotatable bonds is 3. The number of carboxylic acids is 1. The van der Waals surface area contributed by atoms with Gasteiger partial charge in [-0.3, -0.25) is 4.79 Å². The van der Waals surface area contributed by atoms with Gasteiger partial charge in [0.2, 0.25) is 5.91 Å². The van der Waals surface area contributed by atoms with Crippen LogP contribution in [0.15, 0.2) is 0 Å². The number of aliphatic carboxylic acids is 1. The standard InChI is InChI=1S/C4H7NO4/c5-3(7)1-2(6)4(8)9/h2,6H,1H2,(H2,5,7)(H,8,9). The number of aliphatic hydroxyl groups excluding tert-OH is 1. The summed E-state index contributed by atoms with van der Waals surface area (Å²) in [6.07, 6.45) is -2.20. The molecule has 5 heteroatoms. The van der Waals surface area contributed by atoms with Crippen LogP contribution < -0.4 is 5.73 Å².